The van der Waals surface area contributed by atoms with Gasteiger partial charge in [0.05, 0.1) is 10.8 Å². The van der Waals surface area contributed by atoms with E-state index in [-0.39, 0.29) is 5.41 Å². The van der Waals surface area contributed by atoms with Crippen LogP contribution >= 0.6 is 23.5 Å². The number of benzene rings is 8. The van der Waals surface area contributed by atoms with Crippen LogP contribution in [0.4, 0.5) is 0 Å². The molecule has 0 amide bonds. The predicted molar refractivity (Wildman–Crippen MR) is 298 cm³/mol. The molecule has 0 spiro atoms. The summed E-state index contributed by atoms with van der Waals surface area (Å²) in [4.78, 5) is 14.1. The number of pyridine rings is 2. The maximum Gasteiger partial charge on any atom is 0.149 e. The molecule has 0 radical (unpaired) electrons. The van der Waals surface area contributed by atoms with E-state index in [2.05, 4.69) is 217 Å². The molecule has 4 nitrogen and oxygen atoms in total. The van der Waals surface area contributed by atoms with E-state index >= 15 is 0 Å². The number of aromatic nitrogens is 2. The summed E-state index contributed by atoms with van der Waals surface area (Å²) in [6.45, 7) is 9.08. The molecule has 0 aliphatic carbocycles. The van der Waals surface area contributed by atoms with Crippen LogP contribution in [-0.4, -0.2) is 23.2 Å². The third kappa shape index (κ3) is 7.76. The van der Waals surface area contributed by atoms with Crippen molar-refractivity contribution in [3.05, 3.63) is 262 Å². The highest BCUT2D eigenvalue weighted by molar-refractivity contribution is 7.99. The van der Waals surface area contributed by atoms with Gasteiger partial charge in [0.1, 0.15) is 24.7 Å². The molecule has 73 heavy (non-hydrogen) atoms. The molecule has 6 heteroatoms. The van der Waals surface area contributed by atoms with Gasteiger partial charge in [0.25, 0.3) is 0 Å². The second-order valence-electron chi connectivity index (χ2n) is 19.1. The van der Waals surface area contributed by atoms with E-state index in [1.54, 1.807) is 23.5 Å². The molecule has 0 saturated carbocycles. The third-order valence-corrected chi connectivity index (χ3v) is 17.2. The zero-order chi connectivity index (χ0) is 49.6. The van der Waals surface area contributed by atoms with E-state index in [4.69, 9.17) is 9.47 Å². The number of rotatable bonds is 10. The zero-order valence-corrected chi connectivity index (χ0v) is 42.7. The monoisotopic (exact) mass is 978 g/mol. The molecule has 0 bridgehead atoms. The number of hydrogen-bond donors (Lipinski definition) is 0. The molecular formula is C67H50N2O2S2. The van der Waals surface area contributed by atoms with E-state index in [0.717, 1.165) is 42.8 Å². The molecule has 2 unspecified atom stereocenters. The number of nitrogens with zero attached hydrogens (tertiary/aromatic N) is 2. The van der Waals surface area contributed by atoms with Crippen molar-refractivity contribution in [1.82, 2.24) is 9.97 Å². The van der Waals surface area contributed by atoms with Crippen molar-refractivity contribution in [1.29, 1.82) is 0 Å². The summed E-state index contributed by atoms with van der Waals surface area (Å²) in [5.41, 5.74) is 10.7. The summed E-state index contributed by atoms with van der Waals surface area (Å²) in [7, 11) is 0. The van der Waals surface area contributed by atoms with Crippen molar-refractivity contribution >= 4 is 45.1 Å². The summed E-state index contributed by atoms with van der Waals surface area (Å²) in [5, 5.41) is 4.53. The standard InChI is InChI=1S/C67H50N2O2S2/c1-5-7-37-70-55-31-19-45-39-53(21-17-47(45)41-55)66(57-13-9-11-15-61(57)72-63-43-68-35-33-59(63)66)51-27-23-49(24-28-51)65(3,4)50-25-29-52(30-26-50)67(58-14-10-12-16-62(58)73-64-44-69-36-34-60(64)67)54-22-18-48-42-56(71-38-8-6-2)32-20-46(48)40-54/h9-36,39-44H,37-38H2,1-4H3. The first-order chi connectivity index (χ1) is 35.8. The highest BCUT2D eigenvalue weighted by atomic mass is 32.2. The van der Waals surface area contributed by atoms with Gasteiger partial charge in [-0.05, 0) is 152 Å². The molecule has 2 aliphatic rings. The fraction of sp³-hybridized carbons (Fsp3) is 0.134. The molecule has 352 valence electrons. The topological polar surface area (TPSA) is 44.2 Å². The lowest BCUT2D eigenvalue weighted by Gasteiger charge is -2.42. The van der Waals surface area contributed by atoms with Crippen molar-refractivity contribution in [2.24, 2.45) is 0 Å². The molecular weight excluding hydrogens is 929 g/mol. The van der Waals surface area contributed by atoms with Gasteiger partial charge in [-0.1, -0.05) is 171 Å². The smallest absolute Gasteiger partial charge is 0.149 e. The summed E-state index contributed by atoms with van der Waals surface area (Å²) < 4.78 is 11.9. The molecule has 8 aromatic carbocycles. The van der Waals surface area contributed by atoms with Crippen LogP contribution in [0.5, 0.6) is 11.5 Å². The van der Waals surface area contributed by atoms with Gasteiger partial charge in [-0.2, -0.15) is 0 Å². The van der Waals surface area contributed by atoms with Crippen molar-refractivity contribution in [2.75, 3.05) is 13.2 Å². The second-order valence-corrected chi connectivity index (χ2v) is 21.3. The first kappa shape index (κ1) is 46.1. The van der Waals surface area contributed by atoms with Crippen LogP contribution in [0.3, 0.4) is 0 Å². The quantitative estimate of drug-likeness (QED) is 0.127. The van der Waals surface area contributed by atoms with Crippen LogP contribution in [0.25, 0.3) is 21.5 Å². The van der Waals surface area contributed by atoms with Gasteiger partial charge in [0.2, 0.25) is 0 Å². The lowest BCUT2D eigenvalue weighted by Crippen LogP contribution is -2.34. The number of hydrogen-bond acceptors (Lipinski definition) is 6. The SMILES string of the molecule is CC#CCOc1ccc2cc(C3(c4ccc(C(C)(C)c5ccc(C6(c7ccc8cc(OCC#CC)ccc8c7)c7ccccc7Sc7cnccc76)cc5)cc4)c4ccccc4Sc4cnccc43)ccc2c1. The summed E-state index contributed by atoms with van der Waals surface area (Å²) in [5.74, 6) is 13.5. The fourth-order valence-corrected chi connectivity index (χ4v) is 13.6. The van der Waals surface area contributed by atoms with Gasteiger partial charge in [0, 0.05) is 49.8 Å². The van der Waals surface area contributed by atoms with Gasteiger partial charge in [-0.3, -0.25) is 9.97 Å². The second kappa shape index (κ2) is 18.9. The van der Waals surface area contributed by atoms with Crippen molar-refractivity contribution in [3.63, 3.8) is 0 Å². The minimum absolute atomic E-state index is 0.335. The first-order valence-corrected chi connectivity index (χ1v) is 26.2. The lowest BCUT2D eigenvalue weighted by molar-refractivity contribution is 0.370. The van der Waals surface area contributed by atoms with Gasteiger partial charge in [-0.25, -0.2) is 0 Å². The van der Waals surface area contributed by atoms with E-state index in [0.29, 0.717) is 13.2 Å². The largest absolute Gasteiger partial charge is 0.481 e. The van der Waals surface area contributed by atoms with Crippen LogP contribution in [0.1, 0.15) is 83.3 Å². The summed E-state index contributed by atoms with van der Waals surface area (Å²) in [6.07, 6.45) is 7.93. The number of ether oxygens (including phenoxy) is 2. The van der Waals surface area contributed by atoms with Gasteiger partial charge in [0.15, 0.2) is 0 Å². The predicted octanol–water partition coefficient (Wildman–Crippen LogP) is 15.6. The van der Waals surface area contributed by atoms with Gasteiger partial charge in [-0.15, -0.1) is 11.8 Å². The lowest BCUT2D eigenvalue weighted by atomic mass is 9.64. The highest BCUT2D eigenvalue weighted by Gasteiger charge is 2.46. The van der Waals surface area contributed by atoms with Gasteiger partial charge >= 0.3 is 0 Å². The van der Waals surface area contributed by atoms with Gasteiger partial charge < -0.3 is 9.47 Å². The molecule has 2 aliphatic heterocycles. The minimum Gasteiger partial charge on any atom is -0.481 e. The average molecular weight is 979 g/mol. The van der Waals surface area contributed by atoms with Crippen LogP contribution < -0.4 is 9.47 Å². The Morgan fingerprint density at radius 2 is 0.808 bits per heavy atom. The van der Waals surface area contributed by atoms with E-state index < -0.39 is 10.8 Å². The minimum atomic E-state index is -0.609. The maximum atomic E-state index is 5.97. The Hall–Kier alpha value is -8.00. The van der Waals surface area contributed by atoms with Crippen molar-refractivity contribution < 1.29 is 9.47 Å². The molecule has 0 N–H and O–H groups in total. The van der Waals surface area contributed by atoms with E-state index in [1.165, 1.54) is 65.4 Å². The van der Waals surface area contributed by atoms with Crippen LogP contribution in [-0.2, 0) is 16.2 Å². The molecule has 0 fully saturated rings. The Kier molecular flexibility index (Phi) is 11.9. The number of fused-ring (bicyclic) bond motifs is 6. The average Bonchev–Trinajstić information content (AvgIpc) is 3.44. The summed E-state index contributed by atoms with van der Waals surface area (Å²) >= 11 is 3.59. The molecule has 0 saturated heterocycles. The van der Waals surface area contributed by atoms with E-state index in [1.807, 2.05) is 50.8 Å². The summed E-state index contributed by atoms with van der Waals surface area (Å²) in [6, 6.07) is 67.5. The Morgan fingerprint density at radius 3 is 1.25 bits per heavy atom. The maximum absolute atomic E-state index is 5.97. The van der Waals surface area contributed by atoms with Crippen LogP contribution in [0.2, 0.25) is 0 Å². The third-order valence-electron chi connectivity index (χ3n) is 14.9. The highest BCUT2D eigenvalue weighted by Crippen LogP contribution is 2.58. The fourth-order valence-electron chi connectivity index (χ4n) is 11.3. The molecule has 2 atom stereocenters. The molecule has 4 heterocycles. The molecule has 12 rings (SSSR count). The Morgan fingerprint density at radius 1 is 0.425 bits per heavy atom. The first-order valence-electron chi connectivity index (χ1n) is 24.6. The Labute approximate surface area is 436 Å². The Balaban J connectivity index is 0.957. The van der Waals surface area contributed by atoms with Crippen LogP contribution in [0.15, 0.2) is 226 Å². The van der Waals surface area contributed by atoms with E-state index in [9.17, 15) is 0 Å². The molecule has 2 aromatic heterocycles. The Bertz CT molecular complexity index is 3550. The normalized spacial score (nSPS) is 16.4. The van der Waals surface area contributed by atoms with Crippen LogP contribution in [0, 0.1) is 23.7 Å². The molecule has 10 aromatic rings. The van der Waals surface area contributed by atoms with Crippen molar-refractivity contribution in [2.45, 2.75) is 63.5 Å². The van der Waals surface area contributed by atoms with Crippen molar-refractivity contribution in [3.8, 4) is 35.2 Å². The zero-order valence-electron chi connectivity index (χ0n) is 41.1.